The van der Waals surface area contributed by atoms with E-state index < -0.39 is 21.7 Å². The molecule has 2 aromatic carbocycles. The molecular weight excluding hydrogens is 479 g/mol. The number of hydrogen-bond donors (Lipinski definition) is 3. The average Bonchev–Trinajstić information content (AvgIpc) is 2.57. The molecule has 1 atom stereocenters. The van der Waals surface area contributed by atoms with Gasteiger partial charge in [0.25, 0.3) is 5.91 Å². The minimum Gasteiger partial charge on any atom is -0.339 e. The summed E-state index contributed by atoms with van der Waals surface area (Å²) in [4.78, 5) is 12.3. The molecular formula is C16H11Cl5FN3OS. The second-order valence-corrected chi connectivity index (χ2v) is 8.75. The summed E-state index contributed by atoms with van der Waals surface area (Å²) in [5.41, 5.74) is 0.312. The molecule has 0 saturated carbocycles. The van der Waals surface area contributed by atoms with Gasteiger partial charge in [-0.15, -0.1) is 0 Å². The van der Waals surface area contributed by atoms with E-state index in [1.165, 1.54) is 18.2 Å². The fourth-order valence-electron chi connectivity index (χ4n) is 1.93. The molecule has 0 bridgehead atoms. The van der Waals surface area contributed by atoms with E-state index in [0.717, 1.165) is 6.07 Å². The van der Waals surface area contributed by atoms with Crippen molar-refractivity contribution in [1.29, 1.82) is 0 Å². The minimum absolute atomic E-state index is 0.0264. The molecule has 11 heteroatoms. The summed E-state index contributed by atoms with van der Waals surface area (Å²) < 4.78 is 11.8. The summed E-state index contributed by atoms with van der Waals surface area (Å²) >= 11 is 34.6. The maximum absolute atomic E-state index is 13.8. The molecule has 0 aliphatic heterocycles. The van der Waals surface area contributed by atoms with E-state index in [4.69, 9.17) is 70.2 Å². The number of amides is 1. The van der Waals surface area contributed by atoms with Crippen molar-refractivity contribution in [3.05, 3.63) is 63.9 Å². The van der Waals surface area contributed by atoms with Crippen molar-refractivity contribution in [2.45, 2.75) is 9.96 Å². The average molecular weight is 490 g/mol. The predicted molar refractivity (Wildman–Crippen MR) is 114 cm³/mol. The van der Waals surface area contributed by atoms with Crippen LogP contribution >= 0.6 is 70.2 Å². The van der Waals surface area contributed by atoms with Gasteiger partial charge in [0.05, 0.1) is 15.6 Å². The maximum Gasteiger partial charge on any atom is 0.255 e. The summed E-state index contributed by atoms with van der Waals surface area (Å²) in [5, 5.41) is 8.57. The number of benzene rings is 2. The molecule has 0 aromatic heterocycles. The van der Waals surface area contributed by atoms with Crippen LogP contribution in [0.3, 0.4) is 0 Å². The highest BCUT2D eigenvalue weighted by Gasteiger charge is 2.35. The molecule has 0 aliphatic carbocycles. The third kappa shape index (κ3) is 6.52. The molecule has 1 amide bonds. The molecule has 0 spiro atoms. The van der Waals surface area contributed by atoms with E-state index >= 15 is 0 Å². The summed E-state index contributed by atoms with van der Waals surface area (Å²) in [6.07, 6.45) is -1.25. The van der Waals surface area contributed by atoms with Gasteiger partial charge in [0.1, 0.15) is 12.0 Å². The number of alkyl halides is 3. The monoisotopic (exact) mass is 487 g/mol. The van der Waals surface area contributed by atoms with Gasteiger partial charge < -0.3 is 16.0 Å². The van der Waals surface area contributed by atoms with Crippen LogP contribution in [0, 0.1) is 5.82 Å². The number of carbonyl (C=O) groups excluding carboxylic acids is 1. The highest BCUT2D eigenvalue weighted by Crippen LogP contribution is 2.30. The van der Waals surface area contributed by atoms with Gasteiger partial charge in [0.15, 0.2) is 5.11 Å². The molecule has 2 rings (SSSR count). The Morgan fingerprint density at radius 1 is 1.04 bits per heavy atom. The SMILES string of the molecule is O=C(N[C@H](NC(=S)Nc1ccc(Cl)c(Cl)c1)C(Cl)(Cl)Cl)c1ccccc1F. The molecule has 0 fully saturated rings. The number of rotatable bonds is 4. The van der Waals surface area contributed by atoms with Gasteiger partial charge in [-0.2, -0.15) is 0 Å². The molecule has 0 heterocycles. The van der Waals surface area contributed by atoms with Crippen LogP contribution in [0.5, 0.6) is 0 Å². The lowest BCUT2D eigenvalue weighted by atomic mass is 10.2. The molecule has 4 nitrogen and oxygen atoms in total. The molecule has 0 unspecified atom stereocenters. The molecule has 0 radical (unpaired) electrons. The molecule has 3 N–H and O–H groups in total. The maximum atomic E-state index is 13.8. The van der Waals surface area contributed by atoms with Crippen LogP contribution in [0.2, 0.25) is 10.0 Å². The van der Waals surface area contributed by atoms with E-state index in [1.54, 1.807) is 18.2 Å². The largest absolute Gasteiger partial charge is 0.339 e. The molecule has 0 aliphatic rings. The Morgan fingerprint density at radius 3 is 2.30 bits per heavy atom. The fourth-order valence-corrected chi connectivity index (χ4v) is 2.79. The van der Waals surface area contributed by atoms with E-state index in [-0.39, 0.29) is 10.7 Å². The van der Waals surface area contributed by atoms with Crippen LogP contribution in [0.1, 0.15) is 10.4 Å². The second kappa shape index (κ2) is 9.45. The Kier molecular flexibility index (Phi) is 7.80. The molecule has 27 heavy (non-hydrogen) atoms. The summed E-state index contributed by atoms with van der Waals surface area (Å²) in [6, 6.07) is 10.1. The Hall–Kier alpha value is -1.02. The summed E-state index contributed by atoms with van der Waals surface area (Å²) in [6.45, 7) is 0. The lowest BCUT2D eigenvalue weighted by Gasteiger charge is -2.28. The van der Waals surface area contributed by atoms with Gasteiger partial charge in [0, 0.05) is 5.69 Å². The normalized spacial score (nSPS) is 12.2. The molecule has 2 aromatic rings. The first-order valence-electron chi connectivity index (χ1n) is 7.22. The molecule has 144 valence electrons. The number of anilines is 1. The highest BCUT2D eigenvalue weighted by molar-refractivity contribution is 7.80. The van der Waals surface area contributed by atoms with E-state index in [0.29, 0.717) is 15.7 Å². The van der Waals surface area contributed by atoms with Gasteiger partial charge in [-0.25, -0.2) is 4.39 Å². The van der Waals surface area contributed by atoms with Gasteiger partial charge in [-0.3, -0.25) is 4.79 Å². The summed E-state index contributed by atoms with van der Waals surface area (Å²) in [7, 11) is 0. The van der Waals surface area contributed by atoms with E-state index in [1.807, 2.05) is 0 Å². The molecule has 0 saturated heterocycles. The Labute approximate surface area is 185 Å². The van der Waals surface area contributed by atoms with Crippen molar-refractivity contribution in [3.63, 3.8) is 0 Å². The quantitative estimate of drug-likeness (QED) is 0.300. The Bertz CT molecular complexity index is 862. The van der Waals surface area contributed by atoms with Crippen LogP contribution in [-0.4, -0.2) is 21.0 Å². The zero-order valence-electron chi connectivity index (χ0n) is 13.2. The standard InChI is InChI=1S/C16H11Cl5FN3OS/c17-10-6-5-8(7-11(10)18)23-15(27)25-14(16(19,20)21)24-13(26)9-3-1-2-4-12(9)22/h1-7,14H,(H,24,26)(H2,23,25,27)/t14-/m1/s1. The van der Waals surface area contributed by atoms with Crippen molar-refractivity contribution in [3.8, 4) is 0 Å². The zero-order chi connectivity index (χ0) is 20.2. The third-order valence-electron chi connectivity index (χ3n) is 3.17. The fraction of sp³-hybridized carbons (Fsp3) is 0.125. The first-order valence-corrected chi connectivity index (χ1v) is 9.52. The third-order valence-corrected chi connectivity index (χ3v) is 4.79. The first kappa shape index (κ1) is 22.3. The van der Waals surface area contributed by atoms with Crippen LogP contribution in [0.25, 0.3) is 0 Å². The van der Waals surface area contributed by atoms with Gasteiger partial charge in [-0.05, 0) is 42.5 Å². The van der Waals surface area contributed by atoms with Crippen LogP contribution in [0.15, 0.2) is 42.5 Å². The van der Waals surface area contributed by atoms with Crippen molar-refractivity contribution in [2.24, 2.45) is 0 Å². The number of nitrogens with one attached hydrogen (secondary N) is 3. The topological polar surface area (TPSA) is 53.2 Å². The summed E-state index contributed by atoms with van der Waals surface area (Å²) in [5.74, 6) is -1.50. The Morgan fingerprint density at radius 2 is 1.70 bits per heavy atom. The van der Waals surface area contributed by atoms with Crippen LogP contribution in [0.4, 0.5) is 10.1 Å². The van der Waals surface area contributed by atoms with Crippen LogP contribution in [-0.2, 0) is 0 Å². The van der Waals surface area contributed by atoms with Crippen molar-refractivity contribution in [2.75, 3.05) is 5.32 Å². The lowest BCUT2D eigenvalue weighted by Crippen LogP contribution is -2.56. The minimum atomic E-state index is -1.98. The second-order valence-electron chi connectivity index (χ2n) is 5.16. The van der Waals surface area contributed by atoms with Crippen molar-refractivity contribution in [1.82, 2.24) is 10.6 Å². The first-order chi connectivity index (χ1) is 12.6. The van der Waals surface area contributed by atoms with E-state index in [9.17, 15) is 9.18 Å². The number of carbonyl (C=O) groups is 1. The van der Waals surface area contributed by atoms with Gasteiger partial charge in [-0.1, -0.05) is 70.1 Å². The van der Waals surface area contributed by atoms with Crippen molar-refractivity contribution >= 4 is 86.9 Å². The van der Waals surface area contributed by atoms with E-state index in [2.05, 4.69) is 16.0 Å². The van der Waals surface area contributed by atoms with Crippen molar-refractivity contribution < 1.29 is 9.18 Å². The highest BCUT2D eigenvalue weighted by atomic mass is 35.6. The number of halogens is 6. The Balaban J connectivity index is 2.10. The zero-order valence-corrected chi connectivity index (χ0v) is 17.8. The van der Waals surface area contributed by atoms with Gasteiger partial charge in [0.2, 0.25) is 3.79 Å². The lowest BCUT2D eigenvalue weighted by molar-refractivity contribution is 0.0930. The van der Waals surface area contributed by atoms with Gasteiger partial charge >= 0.3 is 0 Å². The van der Waals surface area contributed by atoms with Crippen LogP contribution < -0.4 is 16.0 Å². The number of hydrogen-bond acceptors (Lipinski definition) is 2. The predicted octanol–water partition coefficient (Wildman–Crippen LogP) is 5.55. The smallest absolute Gasteiger partial charge is 0.255 e. The number of thiocarbonyl (C=S) groups is 1.